The van der Waals surface area contributed by atoms with Gasteiger partial charge >= 0.3 is 0 Å². The van der Waals surface area contributed by atoms with Gasteiger partial charge < -0.3 is 10.5 Å². The van der Waals surface area contributed by atoms with Crippen molar-refractivity contribution in [2.75, 3.05) is 26.8 Å². The van der Waals surface area contributed by atoms with E-state index in [4.69, 9.17) is 10.5 Å². The quantitative estimate of drug-likeness (QED) is 0.728. The van der Waals surface area contributed by atoms with Crippen molar-refractivity contribution in [3.8, 4) is 0 Å². The van der Waals surface area contributed by atoms with E-state index in [9.17, 15) is 0 Å². The van der Waals surface area contributed by atoms with E-state index < -0.39 is 0 Å². The molecule has 0 radical (unpaired) electrons. The summed E-state index contributed by atoms with van der Waals surface area (Å²) in [7, 11) is 1.73. The Hall–Kier alpha value is -0.120. The minimum absolute atomic E-state index is 0.0868. The van der Waals surface area contributed by atoms with Crippen LogP contribution < -0.4 is 5.73 Å². The molecule has 0 aromatic rings. The van der Waals surface area contributed by atoms with Gasteiger partial charge in [-0.1, -0.05) is 0 Å². The van der Waals surface area contributed by atoms with Crippen molar-refractivity contribution in [2.24, 2.45) is 5.73 Å². The molecule has 0 aromatic heterocycles. The van der Waals surface area contributed by atoms with E-state index in [-0.39, 0.29) is 11.1 Å². The van der Waals surface area contributed by atoms with Crippen LogP contribution in [0.2, 0.25) is 0 Å². The summed E-state index contributed by atoms with van der Waals surface area (Å²) in [5.74, 6) is 0. The van der Waals surface area contributed by atoms with E-state index in [1.807, 2.05) is 0 Å². The maximum absolute atomic E-state index is 6.22. The molecule has 84 valence electrons. The lowest BCUT2D eigenvalue weighted by atomic mass is 9.87. The first-order valence-corrected chi connectivity index (χ1v) is 5.40. The number of nitrogens with zero attached hydrogens (tertiary/aromatic N) is 1. The molecule has 1 aliphatic heterocycles. The third-order valence-corrected chi connectivity index (χ3v) is 3.14. The Morgan fingerprint density at radius 2 is 1.79 bits per heavy atom. The molecule has 1 saturated heterocycles. The Labute approximate surface area is 87.6 Å². The summed E-state index contributed by atoms with van der Waals surface area (Å²) in [5, 5.41) is 0. The summed E-state index contributed by atoms with van der Waals surface area (Å²) in [6, 6.07) is 0. The molecular formula is C11H24N2O. The number of methoxy groups -OCH3 is 1. The lowest BCUT2D eigenvalue weighted by molar-refractivity contribution is 0.0398. The minimum atomic E-state index is -0.0868. The van der Waals surface area contributed by atoms with Crippen molar-refractivity contribution in [3.05, 3.63) is 0 Å². The molecule has 0 unspecified atom stereocenters. The Morgan fingerprint density at radius 1 is 1.29 bits per heavy atom. The monoisotopic (exact) mass is 200 g/mol. The van der Waals surface area contributed by atoms with Gasteiger partial charge in [-0.3, -0.25) is 4.90 Å². The molecule has 3 nitrogen and oxygen atoms in total. The third kappa shape index (κ3) is 2.94. The van der Waals surface area contributed by atoms with Crippen LogP contribution in [0.25, 0.3) is 0 Å². The van der Waals surface area contributed by atoms with Crippen molar-refractivity contribution < 1.29 is 4.74 Å². The van der Waals surface area contributed by atoms with E-state index in [1.165, 1.54) is 0 Å². The summed E-state index contributed by atoms with van der Waals surface area (Å²) >= 11 is 0. The average molecular weight is 200 g/mol. The second-order valence-electron chi connectivity index (χ2n) is 5.45. The van der Waals surface area contributed by atoms with Gasteiger partial charge in [0.05, 0.1) is 6.61 Å². The molecule has 1 heterocycles. The summed E-state index contributed by atoms with van der Waals surface area (Å²) in [6.45, 7) is 9.63. The highest BCUT2D eigenvalue weighted by Gasteiger charge is 2.34. The zero-order chi connectivity index (χ0) is 10.8. The molecule has 0 aromatic carbocycles. The molecule has 1 fully saturated rings. The van der Waals surface area contributed by atoms with E-state index >= 15 is 0 Å². The lowest BCUT2D eigenvalue weighted by Crippen LogP contribution is -2.56. The zero-order valence-electron chi connectivity index (χ0n) is 9.97. The van der Waals surface area contributed by atoms with Gasteiger partial charge in [0, 0.05) is 31.3 Å². The zero-order valence-corrected chi connectivity index (χ0v) is 9.97. The predicted molar refractivity (Wildman–Crippen MR) is 59.4 cm³/mol. The topological polar surface area (TPSA) is 38.5 Å². The molecule has 0 bridgehead atoms. The van der Waals surface area contributed by atoms with Crippen LogP contribution in [0.1, 0.15) is 33.6 Å². The second kappa shape index (κ2) is 4.17. The van der Waals surface area contributed by atoms with Crippen LogP contribution in [0.3, 0.4) is 0 Å². The molecule has 1 aliphatic rings. The highest BCUT2D eigenvalue weighted by Crippen LogP contribution is 2.25. The van der Waals surface area contributed by atoms with Crippen LogP contribution >= 0.6 is 0 Å². The summed E-state index contributed by atoms with van der Waals surface area (Å²) in [6.07, 6.45) is 2.08. The molecule has 0 atom stereocenters. The van der Waals surface area contributed by atoms with Gasteiger partial charge in [-0.25, -0.2) is 0 Å². The molecule has 0 saturated carbocycles. The molecule has 2 N–H and O–H groups in total. The van der Waals surface area contributed by atoms with Crippen LogP contribution in [-0.4, -0.2) is 42.8 Å². The number of likely N-dealkylation sites (tertiary alicyclic amines) is 1. The number of ether oxygens (including phenoxy) is 1. The fourth-order valence-electron chi connectivity index (χ4n) is 2.05. The molecular weight excluding hydrogens is 176 g/mol. The number of nitrogens with two attached hydrogens (primary N) is 1. The SMILES string of the molecule is COCC1(N)CCN(C(C)(C)C)CC1. The largest absolute Gasteiger partial charge is 0.383 e. The van der Waals surface area contributed by atoms with E-state index in [0.717, 1.165) is 25.9 Å². The molecule has 1 rings (SSSR count). The van der Waals surface area contributed by atoms with Gasteiger partial charge in [0.1, 0.15) is 0 Å². The number of rotatable bonds is 2. The fraction of sp³-hybridized carbons (Fsp3) is 1.00. The van der Waals surface area contributed by atoms with Gasteiger partial charge in [0.25, 0.3) is 0 Å². The van der Waals surface area contributed by atoms with Gasteiger partial charge in [0.15, 0.2) is 0 Å². The van der Waals surface area contributed by atoms with Crippen LogP contribution in [0, 0.1) is 0 Å². The van der Waals surface area contributed by atoms with Gasteiger partial charge in [0.2, 0.25) is 0 Å². The van der Waals surface area contributed by atoms with E-state index in [1.54, 1.807) is 7.11 Å². The smallest absolute Gasteiger partial charge is 0.0643 e. The van der Waals surface area contributed by atoms with Crippen molar-refractivity contribution in [1.82, 2.24) is 4.90 Å². The third-order valence-electron chi connectivity index (χ3n) is 3.14. The Morgan fingerprint density at radius 3 is 2.14 bits per heavy atom. The summed E-state index contributed by atoms with van der Waals surface area (Å²) in [5.41, 5.74) is 6.41. The Balaban J connectivity index is 2.45. The summed E-state index contributed by atoms with van der Waals surface area (Å²) < 4.78 is 5.16. The standard InChI is InChI=1S/C11H24N2O/c1-10(2,3)13-7-5-11(12,6-8-13)9-14-4/h5-9,12H2,1-4H3. The van der Waals surface area contributed by atoms with Gasteiger partial charge in [-0.2, -0.15) is 0 Å². The van der Waals surface area contributed by atoms with Crippen LogP contribution in [0.15, 0.2) is 0 Å². The normalized spacial score (nSPS) is 23.8. The number of hydrogen-bond donors (Lipinski definition) is 1. The molecule has 0 aliphatic carbocycles. The van der Waals surface area contributed by atoms with Crippen LogP contribution in [0.4, 0.5) is 0 Å². The average Bonchev–Trinajstić information content (AvgIpc) is 2.03. The second-order valence-corrected chi connectivity index (χ2v) is 5.45. The number of hydrogen-bond acceptors (Lipinski definition) is 3. The van der Waals surface area contributed by atoms with Crippen LogP contribution in [0.5, 0.6) is 0 Å². The maximum Gasteiger partial charge on any atom is 0.0643 e. The first kappa shape index (κ1) is 12.0. The van der Waals surface area contributed by atoms with Crippen LogP contribution in [-0.2, 0) is 4.74 Å². The Bertz CT molecular complexity index is 178. The van der Waals surface area contributed by atoms with Crippen molar-refractivity contribution in [1.29, 1.82) is 0 Å². The van der Waals surface area contributed by atoms with Crippen molar-refractivity contribution >= 4 is 0 Å². The molecule has 14 heavy (non-hydrogen) atoms. The maximum atomic E-state index is 6.22. The van der Waals surface area contributed by atoms with E-state index in [0.29, 0.717) is 6.61 Å². The number of piperidine rings is 1. The van der Waals surface area contributed by atoms with Gasteiger partial charge in [-0.05, 0) is 33.6 Å². The highest BCUT2D eigenvalue weighted by molar-refractivity contribution is 4.93. The summed E-state index contributed by atoms with van der Waals surface area (Å²) in [4.78, 5) is 2.49. The van der Waals surface area contributed by atoms with Crippen molar-refractivity contribution in [2.45, 2.75) is 44.7 Å². The minimum Gasteiger partial charge on any atom is -0.383 e. The fourth-order valence-corrected chi connectivity index (χ4v) is 2.05. The Kier molecular flexibility index (Phi) is 3.56. The molecule has 3 heteroatoms. The van der Waals surface area contributed by atoms with E-state index in [2.05, 4.69) is 25.7 Å². The predicted octanol–water partition coefficient (Wildman–Crippen LogP) is 1.22. The van der Waals surface area contributed by atoms with Gasteiger partial charge in [-0.15, -0.1) is 0 Å². The molecule has 0 spiro atoms. The first-order valence-electron chi connectivity index (χ1n) is 5.40. The first-order chi connectivity index (χ1) is 6.37. The molecule has 0 amide bonds. The van der Waals surface area contributed by atoms with Crippen molar-refractivity contribution in [3.63, 3.8) is 0 Å². The highest BCUT2D eigenvalue weighted by atomic mass is 16.5. The lowest BCUT2D eigenvalue weighted by Gasteiger charge is -2.44.